The highest BCUT2D eigenvalue weighted by Gasteiger charge is 2.29. The number of likely N-dealkylation sites (tertiary alicyclic amines) is 1. The Kier molecular flexibility index (Phi) is 3.61. The second-order valence-corrected chi connectivity index (χ2v) is 5.42. The van der Waals surface area contributed by atoms with Crippen molar-refractivity contribution in [1.29, 1.82) is 0 Å². The third kappa shape index (κ3) is 2.28. The van der Waals surface area contributed by atoms with E-state index in [0.29, 0.717) is 5.92 Å². The standard InChI is InChI=1S/C13H18BrNO2/c1-8-9(2)17-10(3)12(8)13(16)15-5-4-11(6-14)7-15/h11H,4-7H2,1-3H3. The van der Waals surface area contributed by atoms with Gasteiger partial charge >= 0.3 is 0 Å². The first kappa shape index (κ1) is 12.7. The predicted octanol–water partition coefficient (Wildman–Crippen LogP) is 3.06. The number of alkyl halides is 1. The van der Waals surface area contributed by atoms with Crippen LogP contribution in [0.2, 0.25) is 0 Å². The van der Waals surface area contributed by atoms with Crippen molar-refractivity contribution in [3.63, 3.8) is 0 Å². The van der Waals surface area contributed by atoms with Crippen molar-refractivity contribution in [2.75, 3.05) is 18.4 Å². The molecule has 3 nitrogen and oxygen atoms in total. The largest absolute Gasteiger partial charge is 0.466 e. The smallest absolute Gasteiger partial charge is 0.257 e. The molecule has 17 heavy (non-hydrogen) atoms. The first-order valence-corrected chi connectivity index (χ1v) is 7.08. The molecule has 4 heteroatoms. The van der Waals surface area contributed by atoms with Gasteiger partial charge in [0.15, 0.2) is 0 Å². The van der Waals surface area contributed by atoms with E-state index in [9.17, 15) is 4.79 Å². The molecule has 1 saturated heterocycles. The van der Waals surface area contributed by atoms with Gasteiger partial charge in [-0.25, -0.2) is 0 Å². The van der Waals surface area contributed by atoms with Crippen molar-refractivity contribution >= 4 is 21.8 Å². The molecule has 2 heterocycles. The van der Waals surface area contributed by atoms with E-state index in [-0.39, 0.29) is 5.91 Å². The van der Waals surface area contributed by atoms with E-state index >= 15 is 0 Å². The molecule has 1 aromatic rings. The van der Waals surface area contributed by atoms with Crippen LogP contribution in [-0.2, 0) is 0 Å². The van der Waals surface area contributed by atoms with Crippen LogP contribution < -0.4 is 0 Å². The molecule has 1 aromatic heterocycles. The second-order valence-electron chi connectivity index (χ2n) is 4.77. The molecular weight excluding hydrogens is 282 g/mol. The number of amides is 1. The number of carbonyl (C=O) groups excluding carboxylic acids is 1. The van der Waals surface area contributed by atoms with Crippen molar-refractivity contribution in [3.05, 3.63) is 22.6 Å². The molecule has 0 N–H and O–H groups in total. The molecule has 1 amide bonds. The average Bonchev–Trinajstić information content (AvgIpc) is 2.85. The summed E-state index contributed by atoms with van der Waals surface area (Å²) in [5.41, 5.74) is 1.74. The van der Waals surface area contributed by atoms with Crippen LogP contribution in [0.1, 0.15) is 33.9 Å². The van der Waals surface area contributed by atoms with Crippen molar-refractivity contribution in [3.8, 4) is 0 Å². The predicted molar refractivity (Wildman–Crippen MR) is 70.7 cm³/mol. The summed E-state index contributed by atoms with van der Waals surface area (Å²) in [5.74, 6) is 2.31. The number of hydrogen-bond donors (Lipinski definition) is 0. The average molecular weight is 300 g/mol. The van der Waals surface area contributed by atoms with Gasteiger partial charge in [-0.1, -0.05) is 15.9 Å². The minimum atomic E-state index is 0.125. The van der Waals surface area contributed by atoms with Gasteiger partial charge in [-0.3, -0.25) is 4.79 Å². The van der Waals surface area contributed by atoms with Gasteiger partial charge in [-0.15, -0.1) is 0 Å². The Hall–Kier alpha value is -0.770. The van der Waals surface area contributed by atoms with Gasteiger partial charge in [0.05, 0.1) is 5.56 Å². The van der Waals surface area contributed by atoms with E-state index in [2.05, 4.69) is 15.9 Å². The first-order valence-electron chi connectivity index (χ1n) is 5.96. The number of carbonyl (C=O) groups is 1. The van der Waals surface area contributed by atoms with Crippen LogP contribution >= 0.6 is 15.9 Å². The van der Waals surface area contributed by atoms with Crippen molar-refractivity contribution in [1.82, 2.24) is 4.90 Å². The topological polar surface area (TPSA) is 33.5 Å². The van der Waals surface area contributed by atoms with Crippen LogP contribution in [0.15, 0.2) is 4.42 Å². The second kappa shape index (κ2) is 4.84. The van der Waals surface area contributed by atoms with Crippen LogP contribution in [0.5, 0.6) is 0 Å². The van der Waals surface area contributed by atoms with Gasteiger partial charge in [0.2, 0.25) is 0 Å². The Balaban J connectivity index is 2.20. The molecule has 1 atom stereocenters. The maximum Gasteiger partial charge on any atom is 0.257 e. The summed E-state index contributed by atoms with van der Waals surface area (Å²) >= 11 is 3.49. The summed E-state index contributed by atoms with van der Waals surface area (Å²) in [7, 11) is 0. The first-order chi connectivity index (χ1) is 8.04. The third-order valence-corrected chi connectivity index (χ3v) is 4.48. The maximum atomic E-state index is 12.4. The van der Waals surface area contributed by atoms with Gasteiger partial charge in [-0.05, 0) is 33.1 Å². The van der Waals surface area contributed by atoms with E-state index in [1.165, 1.54) is 0 Å². The van der Waals surface area contributed by atoms with E-state index in [1.54, 1.807) is 0 Å². The minimum Gasteiger partial charge on any atom is -0.466 e. The summed E-state index contributed by atoms with van der Waals surface area (Å²) < 4.78 is 5.52. The van der Waals surface area contributed by atoms with Crippen molar-refractivity contribution in [2.24, 2.45) is 5.92 Å². The quantitative estimate of drug-likeness (QED) is 0.787. The Morgan fingerprint density at radius 2 is 2.12 bits per heavy atom. The van der Waals surface area contributed by atoms with Gasteiger partial charge in [0.25, 0.3) is 5.91 Å². The van der Waals surface area contributed by atoms with Crippen LogP contribution in [0.3, 0.4) is 0 Å². The van der Waals surface area contributed by atoms with Gasteiger partial charge < -0.3 is 9.32 Å². The lowest BCUT2D eigenvalue weighted by Crippen LogP contribution is -2.29. The summed E-state index contributed by atoms with van der Waals surface area (Å²) in [4.78, 5) is 14.4. The zero-order chi connectivity index (χ0) is 12.6. The van der Waals surface area contributed by atoms with Crippen molar-refractivity contribution in [2.45, 2.75) is 27.2 Å². The monoisotopic (exact) mass is 299 g/mol. The maximum absolute atomic E-state index is 12.4. The molecule has 0 radical (unpaired) electrons. The van der Waals surface area contributed by atoms with Crippen molar-refractivity contribution < 1.29 is 9.21 Å². The molecule has 0 bridgehead atoms. The molecule has 1 fully saturated rings. The fourth-order valence-electron chi connectivity index (χ4n) is 2.41. The van der Waals surface area contributed by atoms with Crippen LogP contribution in [0, 0.1) is 26.7 Å². The zero-order valence-corrected chi connectivity index (χ0v) is 12.1. The fraction of sp³-hybridized carbons (Fsp3) is 0.615. The van der Waals surface area contributed by atoms with Crippen LogP contribution in [0.4, 0.5) is 0 Å². The summed E-state index contributed by atoms with van der Waals surface area (Å²) in [6.45, 7) is 7.44. The fourth-order valence-corrected chi connectivity index (χ4v) is 2.94. The molecule has 0 spiro atoms. The lowest BCUT2D eigenvalue weighted by atomic mass is 10.1. The third-order valence-electron chi connectivity index (χ3n) is 3.57. The number of rotatable bonds is 2. The normalized spacial score (nSPS) is 20.0. The van der Waals surface area contributed by atoms with E-state index < -0.39 is 0 Å². The van der Waals surface area contributed by atoms with E-state index in [4.69, 9.17) is 4.42 Å². The molecule has 1 unspecified atom stereocenters. The van der Waals surface area contributed by atoms with Gasteiger partial charge in [0, 0.05) is 24.0 Å². The highest BCUT2D eigenvalue weighted by atomic mass is 79.9. The number of nitrogens with zero attached hydrogens (tertiary/aromatic N) is 1. The van der Waals surface area contributed by atoms with Gasteiger partial charge in [0.1, 0.15) is 11.5 Å². The number of aryl methyl sites for hydroxylation is 2. The number of hydrogen-bond acceptors (Lipinski definition) is 2. The van der Waals surface area contributed by atoms with E-state index in [0.717, 1.165) is 47.5 Å². The highest BCUT2D eigenvalue weighted by Crippen LogP contribution is 2.26. The number of furan rings is 1. The molecule has 94 valence electrons. The minimum absolute atomic E-state index is 0.125. The Labute approximate surface area is 110 Å². The summed E-state index contributed by atoms with van der Waals surface area (Å²) in [6.07, 6.45) is 1.09. The summed E-state index contributed by atoms with van der Waals surface area (Å²) in [5, 5.41) is 0.971. The Morgan fingerprint density at radius 1 is 1.41 bits per heavy atom. The molecule has 1 aliphatic rings. The lowest BCUT2D eigenvalue weighted by Gasteiger charge is -2.16. The van der Waals surface area contributed by atoms with Crippen LogP contribution in [0.25, 0.3) is 0 Å². The molecule has 1 aliphatic heterocycles. The lowest BCUT2D eigenvalue weighted by molar-refractivity contribution is 0.0786. The molecule has 0 aliphatic carbocycles. The van der Waals surface area contributed by atoms with E-state index in [1.807, 2.05) is 25.7 Å². The van der Waals surface area contributed by atoms with Gasteiger partial charge in [-0.2, -0.15) is 0 Å². The highest BCUT2D eigenvalue weighted by molar-refractivity contribution is 9.09. The Morgan fingerprint density at radius 3 is 2.59 bits per heavy atom. The zero-order valence-electron chi connectivity index (χ0n) is 10.5. The molecule has 2 rings (SSSR count). The molecule has 0 saturated carbocycles. The Bertz CT molecular complexity index is 439. The van der Waals surface area contributed by atoms with Crippen LogP contribution in [-0.4, -0.2) is 29.2 Å². The SMILES string of the molecule is Cc1oc(C)c(C(=O)N2CCC(CBr)C2)c1C. The number of halogens is 1. The summed E-state index contributed by atoms with van der Waals surface area (Å²) in [6, 6.07) is 0. The molecular formula is C13H18BrNO2. The molecule has 0 aromatic carbocycles.